The van der Waals surface area contributed by atoms with Crippen LogP contribution < -0.4 is 14.5 Å². The fourth-order valence-corrected chi connectivity index (χ4v) is 6.49. The van der Waals surface area contributed by atoms with Crippen molar-refractivity contribution in [3.05, 3.63) is 60.3 Å². The standard InChI is InChI=1S/C31H38N6O3/c1-4-29(39)35-14-16-36(17-15-35)30-25-11-13-37(28-19-23(38)18-22-8-5-6-9-24(22)28)20-26(25)32-31(33-30)40-21(2)27-10-7-12-34(27)3/h4-6,8-9,18-19,21,27,38H,1,7,10-17,20H2,2-3H3/t21-,27-/m1/s1. The predicted molar refractivity (Wildman–Crippen MR) is 157 cm³/mol. The summed E-state index contributed by atoms with van der Waals surface area (Å²) in [6.45, 7) is 10.9. The molecule has 0 aliphatic carbocycles. The first-order valence-corrected chi connectivity index (χ1v) is 14.3. The highest BCUT2D eigenvalue weighted by molar-refractivity contribution is 5.95. The number of rotatable bonds is 6. The van der Waals surface area contributed by atoms with Gasteiger partial charge in [-0.15, -0.1) is 0 Å². The van der Waals surface area contributed by atoms with Crippen molar-refractivity contribution in [2.45, 2.75) is 44.9 Å². The van der Waals surface area contributed by atoms with E-state index in [-0.39, 0.29) is 17.8 Å². The Morgan fingerprint density at radius 3 is 2.65 bits per heavy atom. The van der Waals surface area contributed by atoms with Crippen LogP contribution in [0.25, 0.3) is 10.8 Å². The summed E-state index contributed by atoms with van der Waals surface area (Å²) in [5.41, 5.74) is 3.10. The second-order valence-electron chi connectivity index (χ2n) is 11.1. The van der Waals surface area contributed by atoms with Crippen molar-refractivity contribution in [3.8, 4) is 11.8 Å². The zero-order valence-corrected chi connectivity index (χ0v) is 23.4. The number of anilines is 2. The van der Waals surface area contributed by atoms with Crippen LogP contribution in [0.5, 0.6) is 11.8 Å². The third-order valence-electron chi connectivity index (χ3n) is 8.66. The van der Waals surface area contributed by atoms with Crippen molar-refractivity contribution >= 4 is 28.2 Å². The lowest BCUT2D eigenvalue weighted by Gasteiger charge is -2.38. The first kappa shape index (κ1) is 26.4. The Bertz CT molecular complexity index is 1420. The first-order valence-electron chi connectivity index (χ1n) is 14.3. The molecule has 0 bridgehead atoms. The lowest BCUT2D eigenvalue weighted by Crippen LogP contribution is -2.49. The van der Waals surface area contributed by atoms with Crippen molar-refractivity contribution in [1.82, 2.24) is 19.8 Å². The Morgan fingerprint density at radius 1 is 1.10 bits per heavy atom. The average Bonchev–Trinajstić information content (AvgIpc) is 3.41. The SMILES string of the molecule is C=CC(=O)N1CCN(c2nc(O[C@H](C)[C@H]3CCCN3C)nc3c2CCN(c2cc(O)cc4ccccc24)C3)CC1. The molecule has 1 aromatic heterocycles. The molecular formula is C31H38N6O3. The van der Waals surface area contributed by atoms with Crippen LogP contribution in [0, 0.1) is 0 Å². The lowest BCUT2D eigenvalue weighted by atomic mass is 10.0. The number of aromatic hydroxyl groups is 1. The molecule has 0 unspecified atom stereocenters. The van der Waals surface area contributed by atoms with Gasteiger partial charge in [0.15, 0.2) is 0 Å². The summed E-state index contributed by atoms with van der Waals surface area (Å²) in [5.74, 6) is 1.14. The maximum atomic E-state index is 12.2. The van der Waals surface area contributed by atoms with E-state index in [1.807, 2.05) is 29.2 Å². The number of ether oxygens (including phenoxy) is 1. The Hall–Kier alpha value is -3.85. The van der Waals surface area contributed by atoms with Gasteiger partial charge in [0.25, 0.3) is 0 Å². The number of phenols is 1. The van der Waals surface area contributed by atoms with Gasteiger partial charge >= 0.3 is 6.01 Å². The Morgan fingerprint density at radius 2 is 1.90 bits per heavy atom. The summed E-state index contributed by atoms with van der Waals surface area (Å²) in [7, 11) is 2.15. The second kappa shape index (κ2) is 11.0. The van der Waals surface area contributed by atoms with Crippen molar-refractivity contribution in [2.24, 2.45) is 0 Å². The number of nitrogens with zero attached hydrogens (tertiary/aromatic N) is 6. The minimum absolute atomic E-state index is 0.0307. The number of carbonyl (C=O) groups is 1. The number of aromatic nitrogens is 2. The van der Waals surface area contributed by atoms with E-state index in [1.165, 1.54) is 12.5 Å². The molecular weight excluding hydrogens is 504 g/mol. The molecule has 210 valence electrons. The number of phenolic OH excluding ortho intramolecular Hbond substituents is 1. The molecule has 3 aliphatic heterocycles. The maximum Gasteiger partial charge on any atom is 0.318 e. The quantitative estimate of drug-likeness (QED) is 0.473. The van der Waals surface area contributed by atoms with Gasteiger partial charge in [-0.25, -0.2) is 0 Å². The zero-order chi connectivity index (χ0) is 27.8. The van der Waals surface area contributed by atoms with Crippen molar-refractivity contribution in [1.29, 1.82) is 0 Å². The molecule has 9 heteroatoms. The van der Waals surface area contributed by atoms with E-state index in [0.717, 1.165) is 59.5 Å². The van der Waals surface area contributed by atoms with Crippen LogP contribution in [0.1, 0.15) is 31.0 Å². The Balaban J connectivity index is 1.33. The van der Waals surface area contributed by atoms with E-state index in [9.17, 15) is 9.90 Å². The van der Waals surface area contributed by atoms with Gasteiger partial charge in [0, 0.05) is 61.5 Å². The maximum absolute atomic E-state index is 12.2. The monoisotopic (exact) mass is 542 g/mol. The van der Waals surface area contributed by atoms with E-state index in [4.69, 9.17) is 14.7 Å². The van der Waals surface area contributed by atoms with Crippen molar-refractivity contribution in [3.63, 3.8) is 0 Å². The van der Waals surface area contributed by atoms with Gasteiger partial charge in [-0.05, 0) is 57.3 Å². The smallest absolute Gasteiger partial charge is 0.318 e. The van der Waals surface area contributed by atoms with Crippen molar-refractivity contribution in [2.75, 3.05) is 56.1 Å². The topological polar surface area (TPSA) is 85.3 Å². The molecule has 3 aromatic rings. The average molecular weight is 543 g/mol. The molecule has 40 heavy (non-hydrogen) atoms. The van der Waals surface area contributed by atoms with Crippen LogP contribution in [0.3, 0.4) is 0 Å². The minimum Gasteiger partial charge on any atom is -0.508 e. The molecule has 1 N–H and O–H groups in total. The van der Waals surface area contributed by atoms with Gasteiger partial charge in [-0.1, -0.05) is 30.8 Å². The van der Waals surface area contributed by atoms with Crippen LogP contribution in [-0.4, -0.2) is 89.2 Å². The van der Waals surface area contributed by atoms with E-state index >= 15 is 0 Å². The summed E-state index contributed by atoms with van der Waals surface area (Å²) in [6.07, 6.45) is 4.41. The van der Waals surface area contributed by atoms with Gasteiger partial charge in [0.05, 0.1) is 12.2 Å². The summed E-state index contributed by atoms with van der Waals surface area (Å²) in [4.78, 5) is 30.9. The molecule has 3 aliphatic rings. The zero-order valence-electron chi connectivity index (χ0n) is 23.4. The normalized spacial score (nSPS) is 20.4. The van der Waals surface area contributed by atoms with Crippen LogP contribution in [0.15, 0.2) is 49.1 Å². The third-order valence-corrected chi connectivity index (χ3v) is 8.66. The molecule has 6 rings (SSSR count). The molecule has 4 heterocycles. The molecule has 0 radical (unpaired) electrons. The van der Waals surface area contributed by atoms with Gasteiger partial charge in [-0.3, -0.25) is 9.69 Å². The Labute approximate surface area is 235 Å². The highest BCUT2D eigenvalue weighted by atomic mass is 16.5. The number of piperazine rings is 1. The van der Waals surface area contributed by atoms with Gasteiger partial charge in [0.2, 0.25) is 5.91 Å². The number of hydrogen-bond acceptors (Lipinski definition) is 8. The number of amides is 1. The largest absolute Gasteiger partial charge is 0.508 e. The highest BCUT2D eigenvalue weighted by Crippen LogP contribution is 2.36. The number of fused-ring (bicyclic) bond motifs is 2. The van der Waals surface area contributed by atoms with Gasteiger partial charge in [-0.2, -0.15) is 9.97 Å². The lowest BCUT2D eigenvalue weighted by molar-refractivity contribution is -0.126. The van der Waals surface area contributed by atoms with Crippen LogP contribution in [0.2, 0.25) is 0 Å². The highest BCUT2D eigenvalue weighted by Gasteiger charge is 2.32. The predicted octanol–water partition coefficient (Wildman–Crippen LogP) is 3.59. The fraction of sp³-hybridized carbons (Fsp3) is 0.452. The van der Waals surface area contributed by atoms with Gasteiger partial charge < -0.3 is 24.5 Å². The number of likely N-dealkylation sites (N-methyl/N-ethyl adjacent to an activating group) is 1. The number of likely N-dealkylation sites (tertiary alicyclic amines) is 1. The molecule has 1 amide bonds. The molecule has 2 fully saturated rings. The van der Waals surface area contributed by atoms with Crippen LogP contribution >= 0.6 is 0 Å². The summed E-state index contributed by atoms with van der Waals surface area (Å²) < 4.78 is 6.45. The molecule has 0 spiro atoms. The molecule has 0 saturated carbocycles. The molecule has 2 saturated heterocycles. The van der Waals surface area contributed by atoms with E-state index in [1.54, 1.807) is 6.07 Å². The number of carbonyl (C=O) groups excluding carboxylic acids is 1. The van der Waals surface area contributed by atoms with E-state index in [2.05, 4.69) is 41.3 Å². The summed E-state index contributed by atoms with van der Waals surface area (Å²) in [6, 6.07) is 12.6. The van der Waals surface area contributed by atoms with Crippen LogP contribution in [0.4, 0.5) is 11.5 Å². The van der Waals surface area contributed by atoms with Crippen LogP contribution in [-0.2, 0) is 17.8 Å². The Kier molecular flexibility index (Phi) is 7.23. The summed E-state index contributed by atoms with van der Waals surface area (Å²) >= 11 is 0. The number of benzene rings is 2. The number of hydrogen-bond donors (Lipinski definition) is 1. The van der Waals surface area contributed by atoms with Gasteiger partial charge in [0.1, 0.15) is 17.7 Å². The van der Waals surface area contributed by atoms with E-state index < -0.39 is 0 Å². The van der Waals surface area contributed by atoms with Crippen molar-refractivity contribution < 1.29 is 14.6 Å². The second-order valence-corrected chi connectivity index (χ2v) is 11.1. The minimum atomic E-state index is -0.0323. The summed E-state index contributed by atoms with van der Waals surface area (Å²) in [5, 5.41) is 12.6. The fourth-order valence-electron chi connectivity index (χ4n) is 6.49. The third kappa shape index (κ3) is 5.06. The molecule has 9 nitrogen and oxygen atoms in total. The molecule has 2 aromatic carbocycles. The first-order chi connectivity index (χ1) is 19.4. The molecule has 2 atom stereocenters. The van der Waals surface area contributed by atoms with E-state index in [0.29, 0.717) is 44.8 Å².